The van der Waals surface area contributed by atoms with E-state index >= 15 is 0 Å². The van der Waals surface area contributed by atoms with Gasteiger partial charge in [0.1, 0.15) is 12.6 Å². The van der Waals surface area contributed by atoms with Crippen molar-refractivity contribution in [2.45, 2.75) is 45.4 Å². The summed E-state index contributed by atoms with van der Waals surface area (Å²) < 4.78 is 5.33. The quantitative estimate of drug-likeness (QED) is 0.438. The summed E-state index contributed by atoms with van der Waals surface area (Å²) in [6.07, 6.45) is 0.123. The minimum absolute atomic E-state index is 0.00109. The minimum Gasteiger partial charge on any atom is -0.461 e. The van der Waals surface area contributed by atoms with E-state index in [4.69, 9.17) is 4.74 Å². The van der Waals surface area contributed by atoms with Crippen LogP contribution in [0.2, 0.25) is 0 Å². The summed E-state index contributed by atoms with van der Waals surface area (Å²) in [5, 5.41) is 5.72. The zero-order chi connectivity index (χ0) is 24.3. The molecule has 0 spiro atoms. The Kier molecular flexibility index (Phi) is 8.97. The van der Waals surface area contributed by atoms with Gasteiger partial charge in [0, 0.05) is 12.0 Å². The van der Waals surface area contributed by atoms with Crippen molar-refractivity contribution in [3.63, 3.8) is 0 Å². The summed E-state index contributed by atoms with van der Waals surface area (Å²) >= 11 is 0. The number of aryl methyl sites for hydroxylation is 1. The van der Waals surface area contributed by atoms with Crippen LogP contribution in [0.25, 0.3) is 0 Å². The Balaban J connectivity index is 1.63. The van der Waals surface area contributed by atoms with E-state index in [1.54, 1.807) is 24.3 Å². The van der Waals surface area contributed by atoms with Crippen LogP contribution in [-0.4, -0.2) is 23.8 Å². The molecule has 6 heteroatoms. The molecule has 0 bridgehead atoms. The summed E-state index contributed by atoms with van der Waals surface area (Å²) in [6, 6.07) is 24.8. The molecule has 176 valence electrons. The Morgan fingerprint density at radius 1 is 0.824 bits per heavy atom. The molecular formula is C28H30N2O4. The van der Waals surface area contributed by atoms with Gasteiger partial charge in [-0.25, -0.2) is 0 Å². The third-order valence-corrected chi connectivity index (χ3v) is 5.47. The Labute approximate surface area is 200 Å². The lowest BCUT2D eigenvalue weighted by atomic mass is 10.0. The van der Waals surface area contributed by atoms with Crippen molar-refractivity contribution < 1.29 is 19.1 Å². The molecule has 0 aliphatic heterocycles. The van der Waals surface area contributed by atoms with Crippen LogP contribution < -0.4 is 10.6 Å². The topological polar surface area (TPSA) is 84.5 Å². The van der Waals surface area contributed by atoms with Crippen molar-refractivity contribution in [1.29, 1.82) is 0 Å². The van der Waals surface area contributed by atoms with Crippen molar-refractivity contribution >= 4 is 17.8 Å². The van der Waals surface area contributed by atoms with Gasteiger partial charge >= 0.3 is 5.97 Å². The number of amides is 2. The maximum absolute atomic E-state index is 13.1. The summed E-state index contributed by atoms with van der Waals surface area (Å²) in [5.74, 6) is -1.16. The Morgan fingerprint density at radius 3 is 2.09 bits per heavy atom. The highest BCUT2D eigenvalue weighted by atomic mass is 16.5. The van der Waals surface area contributed by atoms with E-state index in [0.29, 0.717) is 5.56 Å². The number of carbonyl (C=O) groups excluding carboxylic acids is 3. The summed E-state index contributed by atoms with van der Waals surface area (Å²) in [6.45, 7) is 4.04. The molecule has 0 radical (unpaired) electrons. The highest BCUT2D eigenvalue weighted by molar-refractivity contribution is 5.97. The second kappa shape index (κ2) is 12.3. The van der Waals surface area contributed by atoms with Gasteiger partial charge in [0.15, 0.2) is 0 Å². The molecule has 2 amide bonds. The van der Waals surface area contributed by atoms with Crippen molar-refractivity contribution in [2.24, 2.45) is 0 Å². The monoisotopic (exact) mass is 458 g/mol. The number of hydrogen-bond donors (Lipinski definition) is 2. The molecule has 3 aromatic carbocycles. The third-order valence-electron chi connectivity index (χ3n) is 5.47. The second-order valence-electron chi connectivity index (χ2n) is 8.22. The van der Waals surface area contributed by atoms with Crippen LogP contribution in [0.1, 0.15) is 52.9 Å². The van der Waals surface area contributed by atoms with E-state index in [9.17, 15) is 14.4 Å². The van der Waals surface area contributed by atoms with Gasteiger partial charge in [-0.15, -0.1) is 0 Å². The fourth-order valence-electron chi connectivity index (χ4n) is 3.42. The Morgan fingerprint density at radius 2 is 1.44 bits per heavy atom. The van der Waals surface area contributed by atoms with Crippen molar-refractivity contribution in [3.05, 3.63) is 107 Å². The first kappa shape index (κ1) is 24.7. The van der Waals surface area contributed by atoms with Gasteiger partial charge in [-0.05, 0) is 43.5 Å². The summed E-state index contributed by atoms with van der Waals surface area (Å²) in [5.41, 5.74) is 3.41. The zero-order valence-electron chi connectivity index (χ0n) is 19.5. The number of esters is 1. The van der Waals surface area contributed by atoms with Gasteiger partial charge < -0.3 is 15.4 Å². The number of carbonyl (C=O) groups is 3. The number of nitrogens with one attached hydrogen (secondary N) is 2. The largest absolute Gasteiger partial charge is 0.461 e. The molecule has 6 nitrogen and oxygen atoms in total. The Bertz CT molecular complexity index is 1080. The average Bonchev–Trinajstić information content (AvgIpc) is 2.86. The van der Waals surface area contributed by atoms with Crippen LogP contribution >= 0.6 is 0 Å². The van der Waals surface area contributed by atoms with Crippen molar-refractivity contribution in [1.82, 2.24) is 10.6 Å². The van der Waals surface area contributed by atoms with Gasteiger partial charge in [0.2, 0.25) is 5.91 Å². The molecule has 0 heterocycles. The zero-order valence-corrected chi connectivity index (χ0v) is 19.5. The first-order chi connectivity index (χ1) is 16.4. The Hall–Kier alpha value is -3.93. The molecule has 0 saturated heterocycles. The average molecular weight is 459 g/mol. The molecule has 0 aliphatic carbocycles. The third kappa shape index (κ3) is 7.59. The molecule has 0 fully saturated rings. The number of rotatable bonds is 10. The first-order valence-electron chi connectivity index (χ1n) is 11.3. The summed E-state index contributed by atoms with van der Waals surface area (Å²) in [4.78, 5) is 38.1. The molecule has 2 unspecified atom stereocenters. The predicted octanol–water partition coefficient (Wildman–Crippen LogP) is 4.49. The molecule has 0 aliphatic rings. The van der Waals surface area contributed by atoms with E-state index in [2.05, 4.69) is 10.6 Å². The summed E-state index contributed by atoms with van der Waals surface area (Å²) in [7, 11) is 0. The van der Waals surface area contributed by atoms with Crippen LogP contribution in [0, 0.1) is 6.92 Å². The SMILES string of the molecule is Cc1ccc(C(C)NC(=O)C(CCC(=O)OCc2ccccc2)NC(=O)c2ccccc2)cc1. The van der Waals surface area contributed by atoms with Gasteiger partial charge in [0.25, 0.3) is 5.91 Å². The van der Waals surface area contributed by atoms with Gasteiger partial charge in [-0.3, -0.25) is 14.4 Å². The first-order valence-corrected chi connectivity index (χ1v) is 11.3. The smallest absolute Gasteiger partial charge is 0.306 e. The predicted molar refractivity (Wildman–Crippen MR) is 131 cm³/mol. The van der Waals surface area contributed by atoms with Crippen LogP contribution in [0.5, 0.6) is 0 Å². The van der Waals surface area contributed by atoms with Gasteiger partial charge in [-0.2, -0.15) is 0 Å². The second-order valence-corrected chi connectivity index (χ2v) is 8.22. The van der Waals surface area contributed by atoms with Crippen LogP contribution in [0.15, 0.2) is 84.9 Å². The lowest BCUT2D eigenvalue weighted by molar-refractivity contribution is -0.145. The standard InChI is InChI=1S/C28H30N2O4/c1-20-13-15-23(16-14-20)21(2)29-28(33)25(30-27(32)24-11-7-4-8-12-24)17-18-26(31)34-19-22-9-5-3-6-10-22/h3-16,21,25H,17-19H2,1-2H3,(H,29,33)(H,30,32). The highest BCUT2D eigenvalue weighted by Gasteiger charge is 2.24. The molecule has 0 aromatic heterocycles. The van der Waals surface area contributed by atoms with Crippen molar-refractivity contribution in [3.8, 4) is 0 Å². The van der Waals surface area contributed by atoms with Crippen LogP contribution in [0.4, 0.5) is 0 Å². The van der Waals surface area contributed by atoms with Crippen molar-refractivity contribution in [2.75, 3.05) is 0 Å². The number of hydrogen-bond acceptors (Lipinski definition) is 4. The van der Waals surface area contributed by atoms with E-state index in [1.807, 2.05) is 74.5 Å². The fraction of sp³-hybridized carbons (Fsp3) is 0.250. The molecule has 2 atom stereocenters. The van der Waals surface area contributed by atoms with E-state index < -0.39 is 12.0 Å². The normalized spacial score (nSPS) is 12.3. The van der Waals surface area contributed by atoms with Gasteiger partial charge in [-0.1, -0.05) is 78.4 Å². The maximum atomic E-state index is 13.1. The maximum Gasteiger partial charge on any atom is 0.306 e. The number of benzene rings is 3. The van der Waals surface area contributed by atoms with Crippen LogP contribution in [0.3, 0.4) is 0 Å². The lowest BCUT2D eigenvalue weighted by Gasteiger charge is -2.22. The molecule has 34 heavy (non-hydrogen) atoms. The lowest BCUT2D eigenvalue weighted by Crippen LogP contribution is -2.47. The highest BCUT2D eigenvalue weighted by Crippen LogP contribution is 2.14. The van der Waals surface area contributed by atoms with Gasteiger partial charge in [0.05, 0.1) is 6.04 Å². The minimum atomic E-state index is -0.884. The molecule has 2 N–H and O–H groups in total. The van der Waals surface area contributed by atoms with E-state index in [0.717, 1.165) is 16.7 Å². The molecule has 3 rings (SSSR count). The van der Waals surface area contributed by atoms with Crippen LogP contribution in [-0.2, 0) is 20.9 Å². The van der Waals surface area contributed by atoms with E-state index in [1.165, 1.54) is 0 Å². The molecular weight excluding hydrogens is 428 g/mol. The van der Waals surface area contributed by atoms with E-state index in [-0.39, 0.29) is 37.3 Å². The fourth-order valence-corrected chi connectivity index (χ4v) is 3.42. The molecule has 0 saturated carbocycles. The molecule has 3 aromatic rings. The number of ether oxygens (including phenoxy) is 1.